The summed E-state index contributed by atoms with van der Waals surface area (Å²) in [7, 11) is 0. The molecule has 1 unspecified atom stereocenters. The molecule has 0 aliphatic carbocycles. The Morgan fingerprint density at radius 2 is 1.62 bits per heavy atom. The lowest BCUT2D eigenvalue weighted by Crippen LogP contribution is -2.31. The normalized spacial score (nSPS) is 17.2. The number of carbonyl (C=O) groups excluding carboxylic acids is 2. The Morgan fingerprint density at radius 3 is 2.29 bits per heavy atom. The van der Waals surface area contributed by atoms with Crippen molar-refractivity contribution in [3.8, 4) is 33.8 Å². The van der Waals surface area contributed by atoms with E-state index in [4.69, 9.17) is 28.4 Å². The number of nitrogens with zero attached hydrogens (tertiary/aromatic N) is 1. The van der Waals surface area contributed by atoms with Gasteiger partial charge in [-0.1, -0.05) is 6.07 Å². The number of rotatable bonds is 13. The lowest BCUT2D eigenvalue weighted by atomic mass is 9.98. The van der Waals surface area contributed by atoms with Crippen LogP contribution in [0, 0.1) is 0 Å². The molecule has 1 N–H and O–H groups in total. The van der Waals surface area contributed by atoms with Gasteiger partial charge in [0.2, 0.25) is 5.91 Å². The third-order valence-electron chi connectivity index (χ3n) is 7.85. The number of hydrogen-bond donors (Lipinski definition) is 1. The number of amides is 1. The minimum absolute atomic E-state index is 0.0680. The van der Waals surface area contributed by atoms with E-state index in [0.717, 1.165) is 11.1 Å². The van der Waals surface area contributed by atoms with Crippen LogP contribution in [0.2, 0.25) is 0 Å². The van der Waals surface area contributed by atoms with E-state index >= 15 is 0 Å². The Kier molecular flexibility index (Phi) is 10.4. The van der Waals surface area contributed by atoms with Crippen LogP contribution in [-0.4, -0.2) is 66.7 Å². The molecule has 5 rings (SSSR count). The van der Waals surface area contributed by atoms with Gasteiger partial charge in [-0.25, -0.2) is 0 Å². The Hall–Kier alpha value is -3.77. The molecular weight excluding hydrogens is 618 g/mol. The zero-order valence-corrected chi connectivity index (χ0v) is 29.0. The van der Waals surface area contributed by atoms with Crippen molar-refractivity contribution in [2.75, 3.05) is 31.3 Å². The highest BCUT2D eigenvalue weighted by molar-refractivity contribution is 6.05. The average molecular weight is 666 g/mol. The lowest BCUT2D eigenvalue weighted by Gasteiger charge is -2.28. The van der Waals surface area contributed by atoms with Crippen LogP contribution >= 0.6 is 0 Å². The fourth-order valence-corrected chi connectivity index (χ4v) is 5.75. The summed E-state index contributed by atoms with van der Waals surface area (Å²) in [4.78, 5) is 41.3. The number of carbonyl (C=O) groups is 2. The second kappa shape index (κ2) is 14.0. The van der Waals surface area contributed by atoms with Crippen LogP contribution in [0.5, 0.6) is 11.5 Å². The Morgan fingerprint density at radius 1 is 0.938 bits per heavy atom. The monoisotopic (exact) mass is 665 g/mol. The minimum Gasteiger partial charge on any atom is -0.493 e. The van der Waals surface area contributed by atoms with Crippen molar-refractivity contribution in [1.82, 2.24) is 0 Å². The van der Waals surface area contributed by atoms with Crippen molar-refractivity contribution in [2.45, 2.75) is 104 Å². The first kappa shape index (κ1) is 35.5. The Bertz CT molecular complexity index is 1640. The number of ether oxygens (including phenoxy) is 6. The largest absolute Gasteiger partial charge is 0.493 e. The van der Waals surface area contributed by atoms with Crippen molar-refractivity contribution < 1.29 is 43.1 Å². The van der Waals surface area contributed by atoms with Crippen LogP contribution in [-0.2, 0) is 35.1 Å². The number of esters is 1. The zero-order valence-electron chi connectivity index (χ0n) is 29.0. The Labute approximate surface area is 281 Å². The predicted molar refractivity (Wildman–Crippen MR) is 180 cm³/mol. The topological polar surface area (TPSA) is 130 Å². The summed E-state index contributed by atoms with van der Waals surface area (Å²) in [6.45, 7) is 13.8. The van der Waals surface area contributed by atoms with E-state index in [-0.39, 0.29) is 49.4 Å². The third-order valence-corrected chi connectivity index (χ3v) is 7.85. The molecule has 0 spiro atoms. The molecule has 0 bridgehead atoms. The van der Waals surface area contributed by atoms with Gasteiger partial charge >= 0.3 is 5.97 Å². The molecule has 11 heteroatoms. The number of anilines is 1. The van der Waals surface area contributed by atoms with Gasteiger partial charge in [-0.05, 0) is 90.3 Å². The molecule has 0 saturated carbocycles. The second-order valence-corrected chi connectivity index (χ2v) is 14.3. The van der Waals surface area contributed by atoms with E-state index in [0.29, 0.717) is 66.5 Å². The number of benzene rings is 2. The van der Waals surface area contributed by atoms with Crippen molar-refractivity contribution in [2.24, 2.45) is 0 Å². The lowest BCUT2D eigenvalue weighted by molar-refractivity contribution is -0.177. The van der Waals surface area contributed by atoms with Crippen molar-refractivity contribution >= 4 is 17.6 Å². The first-order chi connectivity index (χ1) is 22.5. The van der Waals surface area contributed by atoms with Crippen LogP contribution in [0.4, 0.5) is 5.69 Å². The molecule has 3 aromatic carbocycles. The molecular formula is C37H47NO10. The summed E-state index contributed by atoms with van der Waals surface area (Å²) in [6.07, 6.45) is 0.812. The van der Waals surface area contributed by atoms with Gasteiger partial charge in [0.25, 0.3) is 0 Å². The molecule has 1 saturated heterocycles. The van der Waals surface area contributed by atoms with Crippen molar-refractivity contribution in [3.05, 3.63) is 52.2 Å². The van der Waals surface area contributed by atoms with E-state index in [1.807, 2.05) is 38.1 Å². The zero-order chi connectivity index (χ0) is 34.9. The third kappa shape index (κ3) is 9.22. The maximum absolute atomic E-state index is 14.0. The first-order valence-electron chi connectivity index (χ1n) is 16.5. The summed E-state index contributed by atoms with van der Waals surface area (Å²) < 4.78 is 34.4. The quantitative estimate of drug-likeness (QED) is 0.139. The van der Waals surface area contributed by atoms with Gasteiger partial charge in [-0.3, -0.25) is 14.4 Å². The van der Waals surface area contributed by atoms with Crippen LogP contribution < -0.4 is 19.8 Å². The van der Waals surface area contributed by atoms with Crippen LogP contribution in [0.25, 0.3) is 22.3 Å². The van der Waals surface area contributed by atoms with Crippen LogP contribution in [0.3, 0.4) is 0 Å². The fourth-order valence-electron chi connectivity index (χ4n) is 5.75. The van der Waals surface area contributed by atoms with Gasteiger partial charge in [-0.2, -0.15) is 0 Å². The van der Waals surface area contributed by atoms with Crippen LogP contribution in [0.15, 0.2) is 41.2 Å². The molecule has 3 aromatic rings. The predicted octanol–water partition coefficient (Wildman–Crippen LogP) is 5.66. The number of aliphatic hydroxyl groups is 1. The molecule has 0 aromatic heterocycles. The summed E-state index contributed by atoms with van der Waals surface area (Å²) >= 11 is 0. The van der Waals surface area contributed by atoms with E-state index in [9.17, 15) is 19.5 Å². The molecule has 2 heterocycles. The molecule has 1 fully saturated rings. The fraction of sp³-hybridized carbons (Fsp3) is 0.541. The van der Waals surface area contributed by atoms with E-state index in [1.54, 1.807) is 51.7 Å². The van der Waals surface area contributed by atoms with E-state index in [1.165, 1.54) is 0 Å². The molecule has 260 valence electrons. The van der Waals surface area contributed by atoms with Gasteiger partial charge < -0.3 is 38.4 Å². The molecule has 2 aliphatic rings. The van der Waals surface area contributed by atoms with Crippen molar-refractivity contribution in [1.29, 1.82) is 0 Å². The van der Waals surface area contributed by atoms with E-state index in [2.05, 4.69) is 0 Å². The molecule has 1 amide bonds. The van der Waals surface area contributed by atoms with Crippen molar-refractivity contribution in [3.63, 3.8) is 0 Å². The van der Waals surface area contributed by atoms with Gasteiger partial charge in [-0.15, -0.1) is 0 Å². The maximum Gasteiger partial charge on any atom is 0.306 e. The maximum atomic E-state index is 14.0. The average Bonchev–Trinajstić information content (AvgIpc) is 3.49. The SMILES string of the molecule is CC(C)(C)OC(=O)CCCC(=O)N1Cc2cc(OCCCOC(C)(C)O)ccc2-c2c(c2=O)-c2ccc(OCC3COC(C)(C)O3)cc21. The van der Waals surface area contributed by atoms with Gasteiger partial charge in [0.1, 0.15) is 29.8 Å². The van der Waals surface area contributed by atoms with Crippen LogP contribution in [0.1, 0.15) is 79.7 Å². The summed E-state index contributed by atoms with van der Waals surface area (Å²) in [6, 6.07) is 10.9. The Balaban J connectivity index is 1.39. The molecule has 0 radical (unpaired) electrons. The molecule has 11 nitrogen and oxygen atoms in total. The standard InChI is InChI=1S/C37H47NO10/c1-35(2,3)48-31(40)11-8-10-30(39)38-20-23-18-24(43-16-9-17-45-36(4,5)42)12-14-27(23)32-33(34(32)41)28-15-13-25(19-29(28)38)44-21-26-22-46-37(6,7)47-26/h12-15,18-19,26,42H,8-11,16-17,20-22H2,1-7H3. The molecule has 48 heavy (non-hydrogen) atoms. The van der Waals surface area contributed by atoms with Gasteiger partial charge in [0.15, 0.2) is 17.0 Å². The summed E-state index contributed by atoms with van der Waals surface area (Å²) in [5.74, 6) is -1.36. The first-order valence-corrected chi connectivity index (χ1v) is 16.5. The second-order valence-electron chi connectivity index (χ2n) is 14.3. The summed E-state index contributed by atoms with van der Waals surface area (Å²) in [5.41, 5.74) is 3.23. The molecule has 1 atom stereocenters. The smallest absolute Gasteiger partial charge is 0.306 e. The number of fused-ring (bicyclic) bond motifs is 5. The highest BCUT2D eigenvalue weighted by Gasteiger charge is 2.36. The molecule has 2 aliphatic heterocycles. The van der Waals surface area contributed by atoms with Gasteiger partial charge in [0, 0.05) is 42.0 Å². The summed E-state index contributed by atoms with van der Waals surface area (Å²) in [5, 5.41) is 9.78. The minimum atomic E-state index is -1.22. The van der Waals surface area contributed by atoms with E-state index < -0.39 is 17.2 Å². The highest BCUT2D eigenvalue weighted by Crippen LogP contribution is 2.46. The van der Waals surface area contributed by atoms with Gasteiger partial charge in [0.05, 0.1) is 32.1 Å². The number of hydrogen-bond acceptors (Lipinski definition) is 10. The highest BCUT2D eigenvalue weighted by atomic mass is 16.7.